The molecule has 7 nitrogen and oxygen atoms in total. The highest BCUT2D eigenvalue weighted by Gasteiger charge is 2.29. The highest BCUT2D eigenvalue weighted by Crippen LogP contribution is 2.27. The van der Waals surface area contributed by atoms with Crippen LogP contribution in [0.2, 0.25) is 0 Å². The molecule has 1 saturated heterocycles. The van der Waals surface area contributed by atoms with Gasteiger partial charge in [-0.3, -0.25) is 4.79 Å². The van der Waals surface area contributed by atoms with Crippen LogP contribution in [0.1, 0.15) is 47.3 Å². The molecule has 0 saturated carbocycles. The Balaban J connectivity index is 1.65. The number of furan rings is 1. The number of carbonyl (C=O) groups is 1. The Hall–Kier alpha value is -2.12. The molecule has 1 N–H and O–H groups in total. The molecule has 1 amide bonds. The number of rotatable bonds is 7. The Labute approximate surface area is 154 Å². The lowest BCUT2D eigenvalue weighted by Gasteiger charge is -2.32. The third kappa shape index (κ3) is 4.34. The van der Waals surface area contributed by atoms with Crippen molar-refractivity contribution in [2.24, 2.45) is 0 Å². The Morgan fingerprint density at radius 3 is 3.00 bits per heavy atom. The number of hydrogen-bond acceptors (Lipinski definition) is 5. The van der Waals surface area contributed by atoms with Crippen LogP contribution in [-0.4, -0.2) is 64.1 Å². The number of nitrogens with zero attached hydrogens (tertiary/aromatic N) is 4. The summed E-state index contributed by atoms with van der Waals surface area (Å²) in [5.41, 5.74) is 0. The molecule has 7 heteroatoms. The van der Waals surface area contributed by atoms with Crippen molar-refractivity contribution in [3.05, 3.63) is 41.9 Å². The summed E-state index contributed by atoms with van der Waals surface area (Å²) in [6.45, 7) is 3.17. The van der Waals surface area contributed by atoms with Crippen molar-refractivity contribution >= 4 is 5.91 Å². The molecule has 1 atom stereocenters. The first-order chi connectivity index (χ1) is 12.6. The molecule has 0 bridgehead atoms. The van der Waals surface area contributed by atoms with E-state index >= 15 is 0 Å². The van der Waals surface area contributed by atoms with E-state index in [2.05, 4.69) is 28.5 Å². The molecule has 1 aliphatic rings. The summed E-state index contributed by atoms with van der Waals surface area (Å²) in [4.78, 5) is 21.3. The van der Waals surface area contributed by atoms with Gasteiger partial charge in [0.05, 0.1) is 0 Å². The predicted molar refractivity (Wildman–Crippen MR) is 97.9 cm³/mol. The van der Waals surface area contributed by atoms with E-state index in [4.69, 9.17) is 9.52 Å². The van der Waals surface area contributed by atoms with E-state index in [1.54, 1.807) is 12.1 Å². The number of aliphatic hydroxyl groups is 1. The lowest BCUT2D eigenvalue weighted by atomic mass is 9.97. The fraction of sp³-hybridized carbons (Fsp3) is 0.579. The van der Waals surface area contributed by atoms with Crippen molar-refractivity contribution in [1.82, 2.24) is 19.4 Å². The van der Waals surface area contributed by atoms with Crippen LogP contribution in [-0.2, 0) is 13.2 Å². The first-order valence-electron chi connectivity index (χ1n) is 9.23. The van der Waals surface area contributed by atoms with Gasteiger partial charge in [0.15, 0.2) is 5.76 Å². The maximum Gasteiger partial charge on any atom is 0.289 e. The van der Waals surface area contributed by atoms with Gasteiger partial charge in [-0.2, -0.15) is 0 Å². The van der Waals surface area contributed by atoms with Gasteiger partial charge in [0.2, 0.25) is 0 Å². The summed E-state index contributed by atoms with van der Waals surface area (Å²) in [6.07, 6.45) is 6.95. The van der Waals surface area contributed by atoms with Gasteiger partial charge < -0.3 is 23.9 Å². The Morgan fingerprint density at radius 2 is 2.27 bits per heavy atom. The van der Waals surface area contributed by atoms with Crippen LogP contribution in [0.15, 0.2) is 28.9 Å². The summed E-state index contributed by atoms with van der Waals surface area (Å²) in [6, 6.07) is 3.28. The normalized spacial score (nSPS) is 17.8. The molecule has 2 aromatic rings. The number of amides is 1. The molecule has 0 aromatic carbocycles. The number of imidazole rings is 1. The van der Waals surface area contributed by atoms with Crippen LogP contribution < -0.4 is 0 Å². The van der Waals surface area contributed by atoms with Gasteiger partial charge in [-0.05, 0) is 52.0 Å². The number of piperidine rings is 1. The second kappa shape index (κ2) is 8.51. The van der Waals surface area contributed by atoms with Crippen LogP contribution >= 0.6 is 0 Å². The lowest BCUT2D eigenvalue weighted by Crippen LogP contribution is -2.39. The maximum atomic E-state index is 12.7. The zero-order valence-electron chi connectivity index (χ0n) is 15.6. The molecule has 0 aliphatic carbocycles. The fourth-order valence-electron chi connectivity index (χ4n) is 3.53. The standard InChI is InChI=1S/C19H28N4O3/c1-21(2)9-4-11-22-12-8-20-18(22)15-5-3-10-23(13-15)19(25)17-7-6-16(14-24)26-17/h6-8,12,15,24H,3-5,9-11,13-14H2,1-2H3. The van der Waals surface area contributed by atoms with Gasteiger partial charge >= 0.3 is 0 Å². The maximum absolute atomic E-state index is 12.7. The highest BCUT2D eigenvalue weighted by atomic mass is 16.4. The zero-order chi connectivity index (χ0) is 18.5. The van der Waals surface area contributed by atoms with Crippen LogP contribution in [0.3, 0.4) is 0 Å². The number of carbonyl (C=O) groups excluding carboxylic acids is 1. The predicted octanol–water partition coefficient (Wildman–Crippen LogP) is 1.94. The summed E-state index contributed by atoms with van der Waals surface area (Å²) in [7, 11) is 4.16. The van der Waals surface area contributed by atoms with Gasteiger partial charge in [0, 0.05) is 37.9 Å². The van der Waals surface area contributed by atoms with E-state index in [-0.39, 0.29) is 18.4 Å². The summed E-state index contributed by atoms with van der Waals surface area (Å²) >= 11 is 0. The van der Waals surface area contributed by atoms with Crippen LogP contribution in [0, 0.1) is 0 Å². The number of aliphatic hydroxyl groups excluding tert-OH is 1. The Morgan fingerprint density at radius 1 is 1.42 bits per heavy atom. The second-order valence-electron chi connectivity index (χ2n) is 7.15. The molecule has 0 radical (unpaired) electrons. The van der Waals surface area contributed by atoms with Crippen LogP contribution in [0.25, 0.3) is 0 Å². The fourth-order valence-corrected chi connectivity index (χ4v) is 3.53. The van der Waals surface area contributed by atoms with E-state index < -0.39 is 0 Å². The summed E-state index contributed by atoms with van der Waals surface area (Å²) < 4.78 is 7.63. The molecular weight excluding hydrogens is 332 g/mol. The molecule has 26 heavy (non-hydrogen) atoms. The quantitative estimate of drug-likeness (QED) is 0.817. The number of aryl methyl sites for hydroxylation is 1. The number of hydrogen-bond donors (Lipinski definition) is 1. The van der Waals surface area contributed by atoms with Crippen molar-refractivity contribution < 1.29 is 14.3 Å². The first-order valence-corrected chi connectivity index (χ1v) is 9.23. The van der Waals surface area contributed by atoms with E-state index in [1.165, 1.54) is 0 Å². The van der Waals surface area contributed by atoms with Crippen LogP contribution in [0.5, 0.6) is 0 Å². The van der Waals surface area contributed by atoms with E-state index in [0.29, 0.717) is 18.1 Å². The van der Waals surface area contributed by atoms with Crippen molar-refractivity contribution in [2.45, 2.75) is 38.3 Å². The minimum Gasteiger partial charge on any atom is -0.453 e. The van der Waals surface area contributed by atoms with Crippen LogP contribution in [0.4, 0.5) is 0 Å². The van der Waals surface area contributed by atoms with E-state index in [9.17, 15) is 4.79 Å². The van der Waals surface area contributed by atoms with E-state index in [1.807, 2.05) is 17.3 Å². The zero-order valence-corrected chi connectivity index (χ0v) is 15.6. The van der Waals surface area contributed by atoms with Crippen molar-refractivity contribution in [3.63, 3.8) is 0 Å². The molecule has 3 rings (SSSR count). The largest absolute Gasteiger partial charge is 0.453 e. The van der Waals surface area contributed by atoms with Gasteiger partial charge in [0.25, 0.3) is 5.91 Å². The highest BCUT2D eigenvalue weighted by molar-refractivity contribution is 5.91. The molecule has 1 fully saturated rings. The Kier molecular flexibility index (Phi) is 6.11. The van der Waals surface area contributed by atoms with Crippen molar-refractivity contribution in [3.8, 4) is 0 Å². The molecule has 0 spiro atoms. The first kappa shape index (κ1) is 18.7. The SMILES string of the molecule is CN(C)CCCn1ccnc1C1CCCN(C(=O)c2ccc(CO)o2)C1. The molecule has 2 aromatic heterocycles. The minimum atomic E-state index is -0.194. The molecule has 3 heterocycles. The second-order valence-corrected chi connectivity index (χ2v) is 7.15. The minimum absolute atomic E-state index is 0.111. The average molecular weight is 360 g/mol. The third-order valence-electron chi connectivity index (χ3n) is 4.85. The lowest BCUT2D eigenvalue weighted by molar-refractivity contribution is 0.0666. The monoisotopic (exact) mass is 360 g/mol. The van der Waals surface area contributed by atoms with Gasteiger partial charge in [-0.1, -0.05) is 0 Å². The van der Waals surface area contributed by atoms with Gasteiger partial charge in [0.1, 0.15) is 18.2 Å². The topological polar surface area (TPSA) is 74.7 Å². The Bertz CT molecular complexity index is 722. The summed E-state index contributed by atoms with van der Waals surface area (Å²) in [5.74, 6) is 1.91. The van der Waals surface area contributed by atoms with Crippen molar-refractivity contribution in [1.29, 1.82) is 0 Å². The molecule has 1 unspecified atom stereocenters. The molecular formula is C19H28N4O3. The van der Waals surface area contributed by atoms with E-state index in [0.717, 1.165) is 44.7 Å². The average Bonchev–Trinajstić information content (AvgIpc) is 3.30. The molecule has 1 aliphatic heterocycles. The molecule has 142 valence electrons. The smallest absolute Gasteiger partial charge is 0.289 e. The van der Waals surface area contributed by atoms with Crippen molar-refractivity contribution in [2.75, 3.05) is 33.7 Å². The van der Waals surface area contributed by atoms with Gasteiger partial charge in [-0.15, -0.1) is 0 Å². The summed E-state index contributed by atoms with van der Waals surface area (Å²) in [5, 5.41) is 9.11. The number of aromatic nitrogens is 2. The third-order valence-corrected chi connectivity index (χ3v) is 4.85. The van der Waals surface area contributed by atoms with Gasteiger partial charge in [-0.25, -0.2) is 4.98 Å². The number of likely N-dealkylation sites (tertiary alicyclic amines) is 1.